The van der Waals surface area contributed by atoms with Crippen LogP contribution in [0, 0.1) is 0 Å². The van der Waals surface area contributed by atoms with Crippen LogP contribution in [0.3, 0.4) is 0 Å². The van der Waals surface area contributed by atoms with E-state index in [9.17, 15) is 9.59 Å². The standard InChI is InChI=1S/C23H28N4O2/c1-15(28)18-9-10-20-19(13-18)21(23(29)26-20)22(25-11-4-12-27(2)3)17-7-5-16(14-24)6-8-17/h5-10,13,25H,4,11-12,14,24H2,1-3H3,(H,26,29). The largest absolute Gasteiger partial charge is 0.384 e. The van der Waals surface area contributed by atoms with Gasteiger partial charge in [0, 0.05) is 29.9 Å². The van der Waals surface area contributed by atoms with Gasteiger partial charge >= 0.3 is 0 Å². The minimum atomic E-state index is -0.168. The van der Waals surface area contributed by atoms with Gasteiger partial charge in [-0.05, 0) is 63.3 Å². The first-order valence-electron chi connectivity index (χ1n) is 9.79. The molecule has 0 radical (unpaired) electrons. The number of rotatable bonds is 8. The summed E-state index contributed by atoms with van der Waals surface area (Å²) in [7, 11) is 4.07. The molecule has 0 fully saturated rings. The second-order valence-electron chi connectivity index (χ2n) is 7.51. The van der Waals surface area contributed by atoms with Crippen molar-refractivity contribution >= 4 is 28.6 Å². The summed E-state index contributed by atoms with van der Waals surface area (Å²) in [5.41, 5.74) is 11.1. The highest BCUT2D eigenvalue weighted by atomic mass is 16.2. The van der Waals surface area contributed by atoms with E-state index in [0.717, 1.165) is 47.6 Å². The molecule has 3 rings (SSSR count). The predicted octanol–water partition coefficient (Wildman–Crippen LogP) is 2.71. The molecule has 0 atom stereocenters. The fourth-order valence-corrected chi connectivity index (χ4v) is 3.39. The maximum atomic E-state index is 12.9. The van der Waals surface area contributed by atoms with Crippen molar-refractivity contribution in [1.82, 2.24) is 10.2 Å². The van der Waals surface area contributed by atoms with Gasteiger partial charge in [0.05, 0.1) is 11.3 Å². The molecular weight excluding hydrogens is 364 g/mol. The van der Waals surface area contributed by atoms with E-state index in [0.29, 0.717) is 17.7 Å². The van der Waals surface area contributed by atoms with Gasteiger partial charge in [-0.2, -0.15) is 0 Å². The van der Waals surface area contributed by atoms with Crippen LogP contribution in [0.15, 0.2) is 42.5 Å². The van der Waals surface area contributed by atoms with E-state index < -0.39 is 0 Å². The maximum absolute atomic E-state index is 12.9. The summed E-state index contributed by atoms with van der Waals surface area (Å²) in [6.07, 6.45) is 0.937. The Labute approximate surface area is 171 Å². The molecule has 0 unspecified atom stereocenters. The van der Waals surface area contributed by atoms with E-state index in [2.05, 4.69) is 15.5 Å². The number of hydrogen-bond donors (Lipinski definition) is 3. The van der Waals surface area contributed by atoms with Crippen LogP contribution in [-0.2, 0) is 11.3 Å². The van der Waals surface area contributed by atoms with Gasteiger partial charge in [0.1, 0.15) is 0 Å². The van der Waals surface area contributed by atoms with E-state index in [-0.39, 0.29) is 11.7 Å². The third kappa shape index (κ3) is 4.72. The molecule has 4 N–H and O–H groups in total. The molecule has 1 heterocycles. The van der Waals surface area contributed by atoms with Crippen molar-refractivity contribution in [1.29, 1.82) is 0 Å². The van der Waals surface area contributed by atoms with Crippen molar-refractivity contribution in [3.63, 3.8) is 0 Å². The fraction of sp³-hybridized carbons (Fsp3) is 0.304. The number of carbonyl (C=O) groups excluding carboxylic acids is 2. The van der Waals surface area contributed by atoms with Crippen LogP contribution in [-0.4, -0.2) is 43.8 Å². The number of amides is 1. The SMILES string of the molecule is CC(=O)c1ccc2c(c1)C(=C(NCCCN(C)C)c1ccc(CN)cc1)C(=O)N2. The number of benzene rings is 2. The van der Waals surface area contributed by atoms with E-state index >= 15 is 0 Å². The zero-order chi connectivity index (χ0) is 21.0. The molecule has 1 aliphatic heterocycles. The number of carbonyl (C=O) groups is 2. The van der Waals surface area contributed by atoms with Gasteiger partial charge in [-0.15, -0.1) is 0 Å². The molecule has 0 aliphatic carbocycles. The van der Waals surface area contributed by atoms with Crippen LogP contribution in [0.4, 0.5) is 5.69 Å². The average molecular weight is 393 g/mol. The van der Waals surface area contributed by atoms with Gasteiger partial charge in [-0.25, -0.2) is 0 Å². The molecule has 1 amide bonds. The van der Waals surface area contributed by atoms with Gasteiger partial charge in [0.15, 0.2) is 5.78 Å². The Balaban J connectivity index is 2.06. The molecule has 2 aromatic carbocycles. The van der Waals surface area contributed by atoms with Crippen LogP contribution in [0.25, 0.3) is 11.3 Å². The van der Waals surface area contributed by atoms with E-state index in [1.165, 1.54) is 6.92 Å². The molecule has 0 saturated carbocycles. The molecule has 6 heteroatoms. The lowest BCUT2D eigenvalue weighted by atomic mass is 9.97. The second kappa shape index (κ2) is 9.03. The monoisotopic (exact) mass is 392 g/mol. The van der Waals surface area contributed by atoms with E-state index in [4.69, 9.17) is 5.73 Å². The van der Waals surface area contributed by atoms with Crippen molar-refractivity contribution < 1.29 is 9.59 Å². The fourth-order valence-electron chi connectivity index (χ4n) is 3.39. The van der Waals surface area contributed by atoms with E-state index in [1.54, 1.807) is 18.2 Å². The number of nitrogens with zero attached hydrogens (tertiary/aromatic N) is 1. The van der Waals surface area contributed by atoms with Crippen LogP contribution in [0.1, 0.15) is 40.4 Å². The molecule has 29 heavy (non-hydrogen) atoms. The first-order valence-corrected chi connectivity index (χ1v) is 9.79. The van der Waals surface area contributed by atoms with Gasteiger partial charge < -0.3 is 21.3 Å². The maximum Gasteiger partial charge on any atom is 0.258 e. The number of anilines is 1. The van der Waals surface area contributed by atoms with Crippen molar-refractivity contribution in [3.8, 4) is 0 Å². The summed E-state index contributed by atoms with van der Waals surface area (Å²) >= 11 is 0. The number of nitrogens with one attached hydrogen (secondary N) is 2. The van der Waals surface area contributed by atoms with Gasteiger partial charge in [-0.3, -0.25) is 9.59 Å². The number of nitrogens with two attached hydrogens (primary N) is 1. The van der Waals surface area contributed by atoms with Crippen LogP contribution >= 0.6 is 0 Å². The Morgan fingerprint density at radius 1 is 1.10 bits per heavy atom. The minimum Gasteiger partial charge on any atom is -0.384 e. The minimum absolute atomic E-state index is 0.0284. The molecule has 0 aromatic heterocycles. The summed E-state index contributed by atoms with van der Waals surface area (Å²) < 4.78 is 0. The Bertz CT molecular complexity index is 946. The number of ketones is 1. The number of hydrogen-bond acceptors (Lipinski definition) is 5. The first kappa shape index (κ1) is 20.8. The van der Waals surface area contributed by atoms with Gasteiger partial charge in [-0.1, -0.05) is 24.3 Å². The predicted molar refractivity (Wildman–Crippen MR) is 117 cm³/mol. The lowest BCUT2D eigenvalue weighted by molar-refractivity contribution is -0.110. The third-order valence-corrected chi connectivity index (χ3v) is 4.98. The summed E-state index contributed by atoms with van der Waals surface area (Å²) in [6, 6.07) is 13.2. The average Bonchev–Trinajstić information content (AvgIpc) is 3.03. The smallest absolute Gasteiger partial charge is 0.258 e. The van der Waals surface area contributed by atoms with Crippen LogP contribution in [0.2, 0.25) is 0 Å². The van der Waals surface area contributed by atoms with Gasteiger partial charge in [0.25, 0.3) is 5.91 Å². The molecule has 0 bridgehead atoms. The van der Waals surface area contributed by atoms with Crippen molar-refractivity contribution in [3.05, 3.63) is 64.7 Å². The Morgan fingerprint density at radius 3 is 2.41 bits per heavy atom. The first-order chi connectivity index (χ1) is 13.9. The summed E-state index contributed by atoms with van der Waals surface area (Å²) in [5, 5.41) is 6.39. The molecule has 2 aromatic rings. The summed E-state index contributed by atoms with van der Waals surface area (Å²) in [5.74, 6) is -0.196. The number of Topliss-reactive ketones (excluding diaryl/α,β-unsaturated/α-hetero) is 1. The highest BCUT2D eigenvalue weighted by molar-refractivity contribution is 6.36. The van der Waals surface area contributed by atoms with Crippen molar-refractivity contribution in [2.45, 2.75) is 19.9 Å². The van der Waals surface area contributed by atoms with Crippen molar-refractivity contribution in [2.24, 2.45) is 5.73 Å². The van der Waals surface area contributed by atoms with Crippen LogP contribution in [0.5, 0.6) is 0 Å². The van der Waals surface area contributed by atoms with E-state index in [1.807, 2.05) is 38.4 Å². The molecule has 152 valence electrons. The zero-order valence-corrected chi connectivity index (χ0v) is 17.2. The van der Waals surface area contributed by atoms with Gasteiger partial charge in [0.2, 0.25) is 0 Å². The summed E-state index contributed by atoms with van der Waals surface area (Å²) in [6.45, 7) is 3.67. The second-order valence-corrected chi connectivity index (χ2v) is 7.51. The van der Waals surface area contributed by atoms with Crippen molar-refractivity contribution in [2.75, 3.05) is 32.5 Å². The zero-order valence-electron chi connectivity index (χ0n) is 17.2. The molecular formula is C23H28N4O2. The molecule has 1 aliphatic rings. The normalized spacial score (nSPS) is 14.6. The molecule has 0 spiro atoms. The van der Waals surface area contributed by atoms with Crippen LogP contribution < -0.4 is 16.4 Å². The molecule has 6 nitrogen and oxygen atoms in total. The summed E-state index contributed by atoms with van der Waals surface area (Å²) in [4.78, 5) is 26.9. The molecule has 0 saturated heterocycles. The third-order valence-electron chi connectivity index (χ3n) is 4.98. The number of fused-ring (bicyclic) bond motifs is 1. The lowest BCUT2D eigenvalue weighted by Gasteiger charge is -2.16. The Morgan fingerprint density at radius 2 is 1.79 bits per heavy atom. The quantitative estimate of drug-likeness (QED) is 0.365. The Kier molecular flexibility index (Phi) is 6.46. The topological polar surface area (TPSA) is 87.5 Å². The Hall–Kier alpha value is -2.96. The highest BCUT2D eigenvalue weighted by Crippen LogP contribution is 2.36. The lowest BCUT2D eigenvalue weighted by Crippen LogP contribution is -2.22. The highest BCUT2D eigenvalue weighted by Gasteiger charge is 2.28.